The fourth-order valence-corrected chi connectivity index (χ4v) is 1.47. The van der Waals surface area contributed by atoms with Gasteiger partial charge < -0.3 is 10.6 Å². The minimum absolute atomic E-state index is 0.000993. The Bertz CT molecular complexity index is 315. The number of anilines is 1. The van der Waals surface area contributed by atoms with Crippen molar-refractivity contribution < 1.29 is 4.79 Å². The Morgan fingerprint density at radius 1 is 1.36 bits per heavy atom. The fraction of sp³-hybridized carbons (Fsp3) is 0.300. The van der Waals surface area contributed by atoms with Gasteiger partial charge in [0.2, 0.25) is 5.91 Å². The van der Waals surface area contributed by atoms with E-state index in [0.29, 0.717) is 6.54 Å². The van der Waals surface area contributed by atoms with Crippen LogP contribution in [0.25, 0.3) is 0 Å². The lowest BCUT2D eigenvalue weighted by Crippen LogP contribution is -2.26. The van der Waals surface area contributed by atoms with Crippen molar-refractivity contribution in [2.75, 3.05) is 18.4 Å². The van der Waals surface area contributed by atoms with Crippen LogP contribution in [0.5, 0.6) is 0 Å². The van der Waals surface area contributed by atoms with Crippen LogP contribution >= 0.6 is 15.9 Å². The summed E-state index contributed by atoms with van der Waals surface area (Å²) in [4.78, 5) is 10.6. The number of carbonyl (C=O) groups is 1. The second kappa shape index (κ2) is 5.65. The second-order valence-electron chi connectivity index (χ2n) is 2.89. The van der Waals surface area contributed by atoms with Gasteiger partial charge in [-0.15, -0.1) is 0 Å². The molecule has 0 aliphatic rings. The zero-order valence-corrected chi connectivity index (χ0v) is 9.60. The Hall–Kier alpha value is -1.03. The maximum atomic E-state index is 10.6. The highest BCUT2D eigenvalue weighted by Crippen LogP contribution is 2.20. The molecular weight excluding hydrogens is 244 g/mol. The van der Waals surface area contributed by atoms with E-state index in [9.17, 15) is 4.79 Å². The van der Waals surface area contributed by atoms with Crippen molar-refractivity contribution in [3.63, 3.8) is 0 Å². The molecule has 0 aliphatic carbocycles. The van der Waals surface area contributed by atoms with E-state index in [1.807, 2.05) is 24.3 Å². The molecule has 0 radical (unpaired) electrons. The maximum absolute atomic E-state index is 10.6. The molecule has 0 unspecified atom stereocenters. The summed E-state index contributed by atoms with van der Waals surface area (Å²) in [6.45, 7) is 2.87. The molecule has 0 saturated carbocycles. The van der Waals surface area contributed by atoms with Crippen molar-refractivity contribution in [2.45, 2.75) is 6.92 Å². The van der Waals surface area contributed by atoms with E-state index in [1.54, 1.807) is 0 Å². The Kier molecular flexibility index (Phi) is 4.46. The van der Waals surface area contributed by atoms with Gasteiger partial charge in [-0.05, 0) is 28.1 Å². The molecule has 1 aromatic rings. The molecule has 0 atom stereocenters. The lowest BCUT2D eigenvalue weighted by molar-refractivity contribution is -0.118. The first-order valence-corrected chi connectivity index (χ1v) is 5.22. The van der Waals surface area contributed by atoms with Crippen molar-refractivity contribution in [1.29, 1.82) is 0 Å². The number of carbonyl (C=O) groups excluding carboxylic acids is 1. The van der Waals surface area contributed by atoms with Crippen LogP contribution in [0, 0.1) is 0 Å². The summed E-state index contributed by atoms with van der Waals surface area (Å²) >= 11 is 3.43. The molecule has 2 N–H and O–H groups in total. The number of hydrogen-bond donors (Lipinski definition) is 2. The first kappa shape index (κ1) is 11.0. The van der Waals surface area contributed by atoms with Gasteiger partial charge in [-0.3, -0.25) is 4.79 Å². The molecule has 0 heterocycles. The van der Waals surface area contributed by atoms with Crippen LogP contribution in [0.15, 0.2) is 28.7 Å². The zero-order chi connectivity index (χ0) is 10.4. The van der Waals surface area contributed by atoms with Crippen LogP contribution in [0.4, 0.5) is 5.69 Å². The van der Waals surface area contributed by atoms with Crippen LogP contribution in [-0.4, -0.2) is 19.0 Å². The molecule has 14 heavy (non-hydrogen) atoms. The van der Waals surface area contributed by atoms with Crippen LogP contribution in [0.1, 0.15) is 6.92 Å². The summed E-state index contributed by atoms with van der Waals surface area (Å²) in [5.41, 5.74) is 1.04. The number of hydrogen-bond acceptors (Lipinski definition) is 2. The Balaban J connectivity index is 2.31. The Morgan fingerprint density at radius 2 is 2.07 bits per heavy atom. The van der Waals surface area contributed by atoms with E-state index in [2.05, 4.69) is 26.6 Å². The third kappa shape index (κ3) is 3.79. The van der Waals surface area contributed by atoms with Gasteiger partial charge in [0.1, 0.15) is 0 Å². The largest absolute Gasteiger partial charge is 0.382 e. The van der Waals surface area contributed by atoms with Crippen LogP contribution in [0.3, 0.4) is 0 Å². The van der Waals surface area contributed by atoms with Gasteiger partial charge in [-0.2, -0.15) is 0 Å². The van der Waals surface area contributed by atoms with Crippen molar-refractivity contribution in [1.82, 2.24) is 5.32 Å². The Labute approximate surface area is 92.0 Å². The smallest absolute Gasteiger partial charge is 0.216 e. The number of benzene rings is 1. The summed E-state index contributed by atoms with van der Waals surface area (Å²) in [6, 6.07) is 7.88. The van der Waals surface area contributed by atoms with Crippen molar-refractivity contribution in [2.24, 2.45) is 0 Å². The van der Waals surface area contributed by atoms with Gasteiger partial charge in [0.15, 0.2) is 0 Å². The van der Waals surface area contributed by atoms with Gasteiger partial charge >= 0.3 is 0 Å². The molecule has 0 spiro atoms. The highest BCUT2D eigenvalue weighted by Gasteiger charge is 1.96. The molecule has 0 saturated heterocycles. The lowest BCUT2D eigenvalue weighted by atomic mass is 10.3. The zero-order valence-electron chi connectivity index (χ0n) is 8.01. The average molecular weight is 257 g/mol. The molecule has 1 aromatic carbocycles. The molecule has 3 nitrogen and oxygen atoms in total. The van der Waals surface area contributed by atoms with Crippen LogP contribution in [-0.2, 0) is 4.79 Å². The third-order valence-electron chi connectivity index (χ3n) is 1.69. The van der Waals surface area contributed by atoms with E-state index >= 15 is 0 Å². The average Bonchev–Trinajstić information content (AvgIpc) is 2.15. The monoisotopic (exact) mass is 256 g/mol. The normalized spacial score (nSPS) is 9.57. The lowest BCUT2D eigenvalue weighted by Gasteiger charge is -2.08. The summed E-state index contributed by atoms with van der Waals surface area (Å²) < 4.78 is 1.03. The van der Waals surface area contributed by atoms with Crippen molar-refractivity contribution >= 4 is 27.5 Å². The number of para-hydroxylation sites is 1. The summed E-state index contributed by atoms with van der Waals surface area (Å²) in [5, 5.41) is 5.93. The van der Waals surface area contributed by atoms with Crippen molar-refractivity contribution in [3.05, 3.63) is 28.7 Å². The Morgan fingerprint density at radius 3 is 2.71 bits per heavy atom. The van der Waals surface area contributed by atoms with E-state index in [-0.39, 0.29) is 5.91 Å². The quantitative estimate of drug-likeness (QED) is 0.810. The number of halogens is 1. The van der Waals surface area contributed by atoms with Gasteiger partial charge in [0.05, 0.1) is 0 Å². The minimum Gasteiger partial charge on any atom is -0.382 e. The van der Waals surface area contributed by atoms with Gasteiger partial charge in [0, 0.05) is 30.2 Å². The topological polar surface area (TPSA) is 41.1 Å². The summed E-state index contributed by atoms with van der Waals surface area (Å²) in [5.74, 6) is -0.000993. The molecule has 1 rings (SSSR count). The molecule has 0 bridgehead atoms. The first-order chi connectivity index (χ1) is 6.70. The van der Waals surface area contributed by atoms with Gasteiger partial charge in [-0.1, -0.05) is 12.1 Å². The standard InChI is InChI=1S/C10H13BrN2O/c1-8(14)12-6-7-13-10-5-3-2-4-9(10)11/h2-5,13H,6-7H2,1H3,(H,12,14). The van der Waals surface area contributed by atoms with Crippen LogP contribution < -0.4 is 10.6 Å². The molecular formula is C10H13BrN2O. The molecule has 4 heteroatoms. The number of amides is 1. The molecule has 0 fully saturated rings. The minimum atomic E-state index is -0.000993. The predicted octanol–water partition coefficient (Wildman–Crippen LogP) is 2.00. The molecule has 76 valence electrons. The molecule has 1 amide bonds. The van der Waals surface area contributed by atoms with E-state index in [1.165, 1.54) is 6.92 Å². The number of nitrogens with one attached hydrogen (secondary N) is 2. The highest BCUT2D eigenvalue weighted by atomic mass is 79.9. The molecule has 0 aromatic heterocycles. The van der Waals surface area contributed by atoms with Crippen LogP contribution in [0.2, 0.25) is 0 Å². The summed E-state index contributed by atoms with van der Waals surface area (Å²) in [7, 11) is 0. The van der Waals surface area contributed by atoms with E-state index < -0.39 is 0 Å². The SMILES string of the molecule is CC(=O)NCCNc1ccccc1Br. The van der Waals surface area contributed by atoms with Gasteiger partial charge in [0.25, 0.3) is 0 Å². The molecule has 0 aliphatic heterocycles. The van der Waals surface area contributed by atoms with Gasteiger partial charge in [-0.25, -0.2) is 0 Å². The number of rotatable bonds is 4. The predicted molar refractivity (Wildman–Crippen MR) is 61.3 cm³/mol. The fourth-order valence-electron chi connectivity index (χ4n) is 1.04. The van der Waals surface area contributed by atoms with E-state index in [0.717, 1.165) is 16.7 Å². The summed E-state index contributed by atoms with van der Waals surface area (Å²) in [6.07, 6.45) is 0. The van der Waals surface area contributed by atoms with Crippen molar-refractivity contribution in [3.8, 4) is 0 Å². The maximum Gasteiger partial charge on any atom is 0.216 e. The third-order valence-corrected chi connectivity index (χ3v) is 2.38. The van der Waals surface area contributed by atoms with E-state index in [4.69, 9.17) is 0 Å². The second-order valence-corrected chi connectivity index (χ2v) is 3.74. The highest BCUT2D eigenvalue weighted by molar-refractivity contribution is 9.10. The first-order valence-electron chi connectivity index (χ1n) is 4.43.